The first-order valence-corrected chi connectivity index (χ1v) is 6.53. The molecule has 1 fully saturated rings. The Balaban J connectivity index is 0.00000200. The highest BCUT2D eigenvalue weighted by atomic mass is 35.5. The Kier molecular flexibility index (Phi) is 6.36. The number of carbonyl (C=O) groups excluding carboxylic acids is 1. The van der Waals surface area contributed by atoms with E-state index in [1.807, 2.05) is 0 Å². The second kappa shape index (κ2) is 7.55. The van der Waals surface area contributed by atoms with E-state index >= 15 is 0 Å². The fourth-order valence-electron chi connectivity index (χ4n) is 2.64. The first-order chi connectivity index (χ1) is 9.11. The molecule has 0 spiro atoms. The number of nitrogens with one attached hydrogen (secondary N) is 1. The summed E-state index contributed by atoms with van der Waals surface area (Å²) in [6.07, 6.45) is 2.81. The Morgan fingerprint density at radius 1 is 1.35 bits per heavy atom. The fourth-order valence-corrected chi connectivity index (χ4v) is 2.64. The normalized spacial score (nSPS) is 21.4. The second-order valence-electron chi connectivity index (χ2n) is 4.99. The van der Waals surface area contributed by atoms with E-state index in [9.17, 15) is 13.6 Å². The highest BCUT2D eigenvalue weighted by Gasteiger charge is 2.31. The van der Waals surface area contributed by atoms with E-state index in [2.05, 4.69) is 5.32 Å². The predicted octanol–water partition coefficient (Wildman–Crippen LogP) is 2.38. The van der Waals surface area contributed by atoms with E-state index in [1.165, 1.54) is 12.1 Å². The Hall–Kier alpha value is -1.20. The minimum absolute atomic E-state index is 0. The van der Waals surface area contributed by atoms with Gasteiger partial charge in [-0.15, -0.1) is 12.4 Å². The largest absolute Gasteiger partial charge is 0.352 e. The van der Waals surface area contributed by atoms with Gasteiger partial charge in [0.15, 0.2) is 0 Å². The van der Waals surface area contributed by atoms with Crippen LogP contribution in [0, 0.1) is 23.5 Å². The second-order valence-corrected chi connectivity index (χ2v) is 4.99. The van der Waals surface area contributed by atoms with Gasteiger partial charge in [0.2, 0.25) is 5.91 Å². The average molecular weight is 305 g/mol. The zero-order chi connectivity index (χ0) is 13.8. The van der Waals surface area contributed by atoms with Gasteiger partial charge in [-0.25, -0.2) is 8.78 Å². The van der Waals surface area contributed by atoms with Gasteiger partial charge in [0.1, 0.15) is 11.6 Å². The smallest absolute Gasteiger partial charge is 0.223 e. The first kappa shape index (κ1) is 16.9. The number of nitrogens with two attached hydrogens (primary N) is 1. The molecular weight excluding hydrogens is 286 g/mol. The van der Waals surface area contributed by atoms with Gasteiger partial charge < -0.3 is 11.1 Å². The lowest BCUT2D eigenvalue weighted by molar-refractivity contribution is -0.126. The van der Waals surface area contributed by atoms with Gasteiger partial charge in [-0.3, -0.25) is 4.79 Å². The zero-order valence-corrected chi connectivity index (χ0v) is 11.9. The zero-order valence-electron chi connectivity index (χ0n) is 11.1. The van der Waals surface area contributed by atoms with Gasteiger partial charge in [-0.2, -0.15) is 0 Å². The summed E-state index contributed by atoms with van der Waals surface area (Å²) in [4.78, 5) is 12.0. The molecule has 1 aliphatic rings. The molecule has 0 bridgehead atoms. The molecule has 0 saturated heterocycles. The number of amides is 1. The van der Waals surface area contributed by atoms with Crippen molar-refractivity contribution in [3.63, 3.8) is 0 Å². The Bertz CT molecular complexity index is 470. The lowest BCUT2D eigenvalue weighted by Crippen LogP contribution is -2.34. The Morgan fingerprint density at radius 2 is 2.10 bits per heavy atom. The molecule has 0 aliphatic heterocycles. The lowest BCUT2D eigenvalue weighted by atomic mass is 9.95. The quantitative estimate of drug-likeness (QED) is 0.897. The minimum Gasteiger partial charge on any atom is -0.352 e. The molecule has 0 aromatic heterocycles. The molecule has 0 radical (unpaired) electrons. The van der Waals surface area contributed by atoms with Crippen molar-refractivity contribution in [3.05, 3.63) is 35.4 Å². The van der Waals surface area contributed by atoms with E-state index in [-0.39, 0.29) is 42.3 Å². The molecule has 6 heteroatoms. The third-order valence-corrected chi connectivity index (χ3v) is 3.77. The minimum atomic E-state index is -0.637. The number of halogens is 3. The number of hydrogen-bond acceptors (Lipinski definition) is 2. The third-order valence-electron chi connectivity index (χ3n) is 3.77. The van der Waals surface area contributed by atoms with Crippen LogP contribution in [0.4, 0.5) is 8.78 Å². The summed E-state index contributed by atoms with van der Waals surface area (Å²) in [5.74, 6) is -1.20. The maximum Gasteiger partial charge on any atom is 0.223 e. The Labute approximate surface area is 123 Å². The van der Waals surface area contributed by atoms with Crippen molar-refractivity contribution in [2.75, 3.05) is 6.54 Å². The van der Waals surface area contributed by atoms with E-state index in [4.69, 9.17) is 5.73 Å². The summed E-state index contributed by atoms with van der Waals surface area (Å²) in [5, 5.41) is 2.71. The van der Waals surface area contributed by atoms with Gasteiger partial charge >= 0.3 is 0 Å². The van der Waals surface area contributed by atoms with Gasteiger partial charge in [-0.1, -0.05) is 12.5 Å². The Morgan fingerprint density at radius 3 is 2.75 bits per heavy atom. The molecule has 3 nitrogen and oxygen atoms in total. The van der Waals surface area contributed by atoms with Crippen LogP contribution >= 0.6 is 12.4 Å². The third kappa shape index (κ3) is 3.90. The molecule has 1 saturated carbocycles. The first-order valence-electron chi connectivity index (χ1n) is 6.53. The topological polar surface area (TPSA) is 55.1 Å². The average Bonchev–Trinajstić information content (AvgIpc) is 2.85. The molecule has 2 atom stereocenters. The van der Waals surface area contributed by atoms with Crippen molar-refractivity contribution in [3.8, 4) is 0 Å². The maximum atomic E-state index is 13.4. The number of hydrogen-bond donors (Lipinski definition) is 2. The van der Waals surface area contributed by atoms with E-state index in [0.29, 0.717) is 6.54 Å². The van der Waals surface area contributed by atoms with Crippen molar-refractivity contribution >= 4 is 18.3 Å². The molecule has 0 unspecified atom stereocenters. The van der Waals surface area contributed by atoms with Crippen molar-refractivity contribution < 1.29 is 13.6 Å². The molecule has 1 aromatic rings. The van der Waals surface area contributed by atoms with Crippen LogP contribution in [0.2, 0.25) is 0 Å². The van der Waals surface area contributed by atoms with Crippen molar-refractivity contribution in [2.45, 2.75) is 25.8 Å². The van der Waals surface area contributed by atoms with Crippen LogP contribution in [-0.2, 0) is 11.3 Å². The molecule has 20 heavy (non-hydrogen) atoms. The summed E-state index contributed by atoms with van der Waals surface area (Å²) in [6.45, 7) is 0.585. The van der Waals surface area contributed by atoms with Crippen molar-refractivity contribution in [1.29, 1.82) is 0 Å². The maximum absolute atomic E-state index is 13.4. The molecule has 0 heterocycles. The van der Waals surface area contributed by atoms with Crippen molar-refractivity contribution in [1.82, 2.24) is 5.32 Å². The van der Waals surface area contributed by atoms with Gasteiger partial charge in [-0.05, 0) is 31.4 Å². The molecule has 112 valence electrons. The fraction of sp³-hybridized carbons (Fsp3) is 0.500. The van der Waals surface area contributed by atoms with Crippen LogP contribution in [0.15, 0.2) is 18.2 Å². The van der Waals surface area contributed by atoms with Crippen LogP contribution in [0.3, 0.4) is 0 Å². The van der Waals surface area contributed by atoms with Crippen LogP contribution in [-0.4, -0.2) is 12.5 Å². The van der Waals surface area contributed by atoms with Gasteiger partial charge in [0.25, 0.3) is 0 Å². The summed E-state index contributed by atoms with van der Waals surface area (Å²) in [5.41, 5.74) is 5.92. The molecule has 3 N–H and O–H groups in total. The van der Waals surface area contributed by atoms with E-state index < -0.39 is 11.6 Å². The van der Waals surface area contributed by atoms with E-state index in [0.717, 1.165) is 25.3 Å². The highest BCUT2D eigenvalue weighted by Crippen LogP contribution is 2.31. The van der Waals surface area contributed by atoms with Crippen LogP contribution in [0.5, 0.6) is 0 Å². The summed E-state index contributed by atoms with van der Waals surface area (Å²) in [6, 6.07) is 3.35. The monoisotopic (exact) mass is 304 g/mol. The predicted molar refractivity (Wildman–Crippen MR) is 75.3 cm³/mol. The number of benzene rings is 1. The summed E-state index contributed by atoms with van der Waals surface area (Å²) >= 11 is 0. The van der Waals surface area contributed by atoms with Crippen LogP contribution in [0.25, 0.3) is 0 Å². The molecule has 1 aromatic carbocycles. The van der Waals surface area contributed by atoms with E-state index in [1.54, 1.807) is 0 Å². The lowest BCUT2D eigenvalue weighted by Gasteiger charge is -2.17. The van der Waals surface area contributed by atoms with Gasteiger partial charge in [0.05, 0.1) is 0 Å². The standard InChI is InChI=1S/C14H18F2N2O.ClH/c15-11-5-4-10(13(16)6-11)8-18-14(19)12-3-1-2-9(12)7-17;/h4-6,9,12H,1-3,7-8,17H2,(H,18,19);1H/t9-,12-;/m1./s1. The van der Waals surface area contributed by atoms with Crippen LogP contribution in [0.1, 0.15) is 24.8 Å². The molecular formula is C14H19ClF2N2O. The molecule has 2 rings (SSSR count). The summed E-state index contributed by atoms with van der Waals surface area (Å²) < 4.78 is 26.2. The molecule has 1 aliphatic carbocycles. The van der Waals surface area contributed by atoms with Gasteiger partial charge in [0, 0.05) is 24.1 Å². The number of carbonyl (C=O) groups is 1. The van der Waals surface area contributed by atoms with Crippen LogP contribution < -0.4 is 11.1 Å². The molecule has 1 amide bonds. The van der Waals surface area contributed by atoms with Crippen molar-refractivity contribution in [2.24, 2.45) is 17.6 Å². The SMILES string of the molecule is Cl.NC[C@H]1CCC[C@H]1C(=O)NCc1ccc(F)cc1F. The summed E-state index contributed by atoms with van der Waals surface area (Å²) in [7, 11) is 0. The number of rotatable bonds is 4. The highest BCUT2D eigenvalue weighted by molar-refractivity contribution is 5.85.